The largest absolute Gasteiger partial charge is 0.350 e. The van der Waals surface area contributed by atoms with Crippen molar-refractivity contribution in [1.82, 2.24) is 30.6 Å². The summed E-state index contributed by atoms with van der Waals surface area (Å²) in [4.78, 5) is 33.9. The van der Waals surface area contributed by atoms with Gasteiger partial charge in [0, 0.05) is 51.9 Å². The van der Waals surface area contributed by atoms with Crippen LogP contribution in [0.15, 0.2) is 67.0 Å². The van der Waals surface area contributed by atoms with E-state index < -0.39 is 11.7 Å². The van der Waals surface area contributed by atoms with Gasteiger partial charge in [0.2, 0.25) is 0 Å². The molecule has 0 bridgehead atoms. The van der Waals surface area contributed by atoms with Crippen LogP contribution in [0.2, 0.25) is 0 Å². The van der Waals surface area contributed by atoms with Gasteiger partial charge < -0.3 is 10.6 Å². The average molecular weight is 598 g/mol. The Morgan fingerprint density at radius 2 is 1.91 bits per heavy atom. The van der Waals surface area contributed by atoms with Crippen LogP contribution in [0.3, 0.4) is 0 Å². The molecule has 0 radical (unpaired) electrons. The van der Waals surface area contributed by atoms with E-state index in [0.29, 0.717) is 29.2 Å². The zero-order valence-corrected chi connectivity index (χ0v) is 25.0. The Morgan fingerprint density at radius 1 is 1.12 bits per heavy atom. The van der Waals surface area contributed by atoms with E-state index in [1.165, 1.54) is 12.1 Å². The molecule has 0 spiro atoms. The van der Waals surface area contributed by atoms with Gasteiger partial charge in [0.25, 0.3) is 11.8 Å². The molecular formula is C32H32FN7O2S. The molecule has 6 rings (SSSR count). The number of rotatable bonds is 7. The highest BCUT2D eigenvalue weighted by atomic mass is 32.1. The summed E-state index contributed by atoms with van der Waals surface area (Å²) in [5.74, 6) is -0.674. The average Bonchev–Trinajstić information content (AvgIpc) is 3.64. The Bertz CT molecular complexity index is 1790. The lowest BCUT2D eigenvalue weighted by Crippen LogP contribution is -2.49. The number of carbonyl (C=O) groups is 2. The second-order valence-corrected chi connectivity index (χ2v) is 12.1. The van der Waals surface area contributed by atoms with E-state index in [-0.39, 0.29) is 23.6 Å². The monoisotopic (exact) mass is 597 g/mol. The fourth-order valence-electron chi connectivity index (χ4n) is 5.36. The number of piperidine rings is 1. The number of thiophene rings is 1. The molecule has 0 unspecified atom stereocenters. The third kappa shape index (κ3) is 5.91. The van der Waals surface area contributed by atoms with Crippen LogP contribution in [0.4, 0.5) is 10.2 Å². The maximum Gasteiger partial charge on any atom is 0.262 e. The Morgan fingerprint density at radius 3 is 2.58 bits per heavy atom. The molecule has 0 saturated carbocycles. The highest BCUT2D eigenvalue weighted by molar-refractivity contribution is 7.22. The van der Waals surface area contributed by atoms with Crippen LogP contribution in [0.1, 0.15) is 47.4 Å². The van der Waals surface area contributed by atoms with Crippen molar-refractivity contribution in [2.24, 2.45) is 7.05 Å². The topological polar surface area (TPSA) is 105 Å². The van der Waals surface area contributed by atoms with Gasteiger partial charge in [-0.15, -0.1) is 16.4 Å². The smallest absolute Gasteiger partial charge is 0.262 e. The second-order valence-electron chi connectivity index (χ2n) is 11.0. The van der Waals surface area contributed by atoms with E-state index in [1.807, 2.05) is 50.2 Å². The predicted molar refractivity (Wildman–Crippen MR) is 167 cm³/mol. The van der Waals surface area contributed by atoms with Crippen LogP contribution in [0, 0.1) is 5.82 Å². The van der Waals surface area contributed by atoms with Crippen LogP contribution >= 0.6 is 11.3 Å². The first-order valence-electron chi connectivity index (χ1n) is 14.3. The summed E-state index contributed by atoms with van der Waals surface area (Å²) in [5.41, 5.74) is 2.59. The zero-order valence-electron chi connectivity index (χ0n) is 24.2. The number of aryl methyl sites for hydroxylation is 1. The number of fused-ring (bicyclic) bond motifs is 1. The SMILES string of the molecule is CC(C)NC(=O)c1ccc(-c2cc3c(N(C(=O)c4ccc(-c5cn(C)nn5)cc4F)[C@@H]4CCCNC4)nccc3s2)cc1. The number of anilines is 1. The molecule has 9 nitrogen and oxygen atoms in total. The summed E-state index contributed by atoms with van der Waals surface area (Å²) >= 11 is 1.58. The summed E-state index contributed by atoms with van der Waals surface area (Å²) in [7, 11) is 1.74. The third-order valence-corrected chi connectivity index (χ3v) is 8.61. The van der Waals surface area contributed by atoms with E-state index in [4.69, 9.17) is 0 Å². The first-order chi connectivity index (χ1) is 20.8. The first-order valence-corrected chi connectivity index (χ1v) is 15.1. The summed E-state index contributed by atoms with van der Waals surface area (Å²) in [5, 5.41) is 15.1. The van der Waals surface area contributed by atoms with Gasteiger partial charge in [-0.25, -0.2) is 9.37 Å². The maximum absolute atomic E-state index is 15.6. The van der Waals surface area contributed by atoms with Crippen molar-refractivity contribution in [3.63, 3.8) is 0 Å². The molecular weight excluding hydrogens is 565 g/mol. The van der Waals surface area contributed by atoms with Gasteiger partial charge in [-0.2, -0.15) is 0 Å². The predicted octanol–water partition coefficient (Wildman–Crippen LogP) is 5.43. The third-order valence-electron chi connectivity index (χ3n) is 7.46. The molecule has 1 atom stereocenters. The van der Waals surface area contributed by atoms with E-state index in [2.05, 4.69) is 25.9 Å². The van der Waals surface area contributed by atoms with Crippen LogP contribution in [-0.4, -0.2) is 57.0 Å². The van der Waals surface area contributed by atoms with Gasteiger partial charge in [-0.3, -0.25) is 19.2 Å². The van der Waals surface area contributed by atoms with Crippen molar-refractivity contribution < 1.29 is 14.0 Å². The molecule has 3 aromatic heterocycles. The molecule has 43 heavy (non-hydrogen) atoms. The maximum atomic E-state index is 15.6. The van der Waals surface area contributed by atoms with Crippen LogP contribution in [0.25, 0.3) is 31.8 Å². The summed E-state index contributed by atoms with van der Waals surface area (Å²) < 4.78 is 18.1. The van der Waals surface area contributed by atoms with Crippen molar-refractivity contribution in [3.05, 3.63) is 83.9 Å². The van der Waals surface area contributed by atoms with Gasteiger partial charge in [0.05, 0.1) is 17.8 Å². The molecule has 2 amide bonds. The van der Waals surface area contributed by atoms with Crippen molar-refractivity contribution in [1.29, 1.82) is 0 Å². The quantitative estimate of drug-likeness (QED) is 0.259. The van der Waals surface area contributed by atoms with Crippen molar-refractivity contribution in [3.8, 4) is 21.7 Å². The number of carbonyl (C=O) groups excluding carboxylic acids is 2. The lowest BCUT2D eigenvalue weighted by molar-refractivity contribution is 0.0940. The molecule has 1 aliphatic heterocycles. The van der Waals surface area contributed by atoms with Crippen LogP contribution in [-0.2, 0) is 7.05 Å². The molecule has 1 aliphatic rings. The molecule has 1 saturated heterocycles. The molecule has 2 N–H and O–H groups in total. The molecule has 11 heteroatoms. The lowest BCUT2D eigenvalue weighted by atomic mass is 10.0. The minimum atomic E-state index is -0.623. The van der Waals surface area contributed by atoms with Crippen molar-refractivity contribution >= 4 is 39.1 Å². The number of hydrogen-bond donors (Lipinski definition) is 2. The van der Waals surface area contributed by atoms with Gasteiger partial charge >= 0.3 is 0 Å². The minimum absolute atomic E-state index is 0.0252. The van der Waals surface area contributed by atoms with E-state index in [1.54, 1.807) is 46.4 Å². The number of nitrogens with zero attached hydrogens (tertiary/aromatic N) is 5. The Balaban J connectivity index is 1.37. The zero-order chi connectivity index (χ0) is 30.1. The summed E-state index contributed by atoms with van der Waals surface area (Å²) in [6.07, 6.45) is 5.06. The standard InChI is InChI=1S/C32H32FN7O2S/c1-19(2)36-31(41)21-8-6-20(7-9-21)29-16-25-28(43-29)12-14-35-30(25)40(23-5-4-13-34-17-23)32(42)24-11-10-22(15-26(24)33)27-18-39(3)38-37-27/h6-12,14-16,18-19,23,34H,4-5,13,17H2,1-3H3,(H,36,41)/t23-/m1/s1. The minimum Gasteiger partial charge on any atom is -0.350 e. The van der Waals surface area contributed by atoms with Gasteiger partial charge in [0.15, 0.2) is 0 Å². The number of aromatic nitrogens is 4. The van der Waals surface area contributed by atoms with Gasteiger partial charge in [0.1, 0.15) is 17.3 Å². The number of halogens is 1. The summed E-state index contributed by atoms with van der Waals surface area (Å²) in [6.45, 7) is 5.30. The Hall–Kier alpha value is -4.48. The highest BCUT2D eigenvalue weighted by Gasteiger charge is 2.32. The van der Waals surface area contributed by atoms with Crippen LogP contribution in [0.5, 0.6) is 0 Å². The lowest BCUT2D eigenvalue weighted by Gasteiger charge is -2.34. The Kier molecular flexibility index (Phi) is 8.00. The molecule has 4 heterocycles. The van der Waals surface area contributed by atoms with E-state index in [9.17, 15) is 9.59 Å². The van der Waals surface area contributed by atoms with Crippen molar-refractivity contribution in [2.45, 2.75) is 38.8 Å². The molecule has 1 fully saturated rings. The number of nitrogens with one attached hydrogen (secondary N) is 2. The molecule has 2 aromatic carbocycles. The van der Waals surface area contributed by atoms with Gasteiger partial charge in [-0.05, 0) is 75.2 Å². The fraction of sp³-hybridized carbons (Fsp3) is 0.281. The number of pyridine rings is 1. The van der Waals surface area contributed by atoms with Crippen LogP contribution < -0.4 is 15.5 Å². The normalized spacial score (nSPS) is 15.1. The number of hydrogen-bond acceptors (Lipinski definition) is 7. The molecule has 0 aliphatic carbocycles. The van der Waals surface area contributed by atoms with E-state index in [0.717, 1.165) is 39.9 Å². The van der Waals surface area contributed by atoms with Crippen molar-refractivity contribution in [2.75, 3.05) is 18.0 Å². The highest BCUT2D eigenvalue weighted by Crippen LogP contribution is 2.39. The van der Waals surface area contributed by atoms with E-state index >= 15 is 4.39 Å². The molecule has 5 aromatic rings. The summed E-state index contributed by atoms with van der Waals surface area (Å²) in [6, 6.07) is 15.8. The molecule has 220 valence electrons. The second kappa shape index (κ2) is 12.0. The number of benzene rings is 2. The first kappa shape index (κ1) is 28.6. The number of amides is 2. The van der Waals surface area contributed by atoms with Gasteiger partial charge in [-0.1, -0.05) is 23.4 Å². The Labute approximate surface area is 252 Å². The fourth-order valence-corrected chi connectivity index (χ4v) is 6.42.